The van der Waals surface area contributed by atoms with Gasteiger partial charge < -0.3 is 10.6 Å². The number of carbonyl (C=O) groups is 1. The zero-order valence-corrected chi connectivity index (χ0v) is 13.3. The molecule has 0 aliphatic rings. The van der Waals surface area contributed by atoms with E-state index in [2.05, 4.69) is 15.7 Å². The minimum Gasteiger partial charge on any atom is -0.374 e. The van der Waals surface area contributed by atoms with Crippen LogP contribution in [-0.2, 0) is 4.79 Å². The van der Waals surface area contributed by atoms with Crippen molar-refractivity contribution < 1.29 is 9.18 Å². The average Bonchev–Trinajstić information content (AvgIpc) is 3.10. The Morgan fingerprint density at radius 3 is 2.75 bits per heavy atom. The number of benzene rings is 2. The van der Waals surface area contributed by atoms with Gasteiger partial charge in [0, 0.05) is 12.4 Å². The lowest BCUT2D eigenvalue weighted by molar-refractivity contribution is -0.114. The van der Waals surface area contributed by atoms with Crippen molar-refractivity contribution in [3.63, 3.8) is 0 Å². The summed E-state index contributed by atoms with van der Waals surface area (Å²) >= 11 is 5.90. The van der Waals surface area contributed by atoms with E-state index in [0.717, 1.165) is 17.4 Å². The summed E-state index contributed by atoms with van der Waals surface area (Å²) in [6.07, 6.45) is 3.50. The molecule has 0 bridgehead atoms. The summed E-state index contributed by atoms with van der Waals surface area (Å²) in [5, 5.41) is 10.0. The number of aromatic nitrogens is 2. The topological polar surface area (TPSA) is 59.0 Å². The van der Waals surface area contributed by atoms with Crippen LogP contribution in [0.3, 0.4) is 0 Å². The van der Waals surface area contributed by atoms with Crippen LogP contribution in [0.1, 0.15) is 0 Å². The highest BCUT2D eigenvalue weighted by Gasteiger charge is 2.09. The molecule has 24 heavy (non-hydrogen) atoms. The molecule has 1 heterocycles. The van der Waals surface area contributed by atoms with Crippen LogP contribution in [0.25, 0.3) is 5.69 Å². The van der Waals surface area contributed by atoms with Crippen molar-refractivity contribution in [2.24, 2.45) is 0 Å². The maximum absolute atomic E-state index is 13.0. The minimum atomic E-state index is -0.454. The summed E-state index contributed by atoms with van der Waals surface area (Å²) in [6, 6.07) is 13.1. The van der Waals surface area contributed by atoms with E-state index in [1.807, 2.05) is 36.5 Å². The number of amides is 1. The van der Waals surface area contributed by atoms with Gasteiger partial charge in [-0.1, -0.05) is 23.7 Å². The molecule has 1 amide bonds. The highest BCUT2D eigenvalue weighted by molar-refractivity contribution is 6.33. The summed E-state index contributed by atoms with van der Waals surface area (Å²) in [5.41, 5.74) is 1.96. The number of nitrogens with zero attached hydrogens (tertiary/aromatic N) is 2. The molecule has 0 unspecified atom stereocenters. The van der Waals surface area contributed by atoms with Gasteiger partial charge in [0.1, 0.15) is 5.82 Å². The van der Waals surface area contributed by atoms with Crippen LogP contribution in [0.15, 0.2) is 60.9 Å². The number of rotatable bonds is 5. The zero-order valence-electron chi connectivity index (χ0n) is 12.5. The van der Waals surface area contributed by atoms with E-state index in [1.54, 1.807) is 10.9 Å². The molecule has 0 aliphatic carbocycles. The zero-order chi connectivity index (χ0) is 16.9. The van der Waals surface area contributed by atoms with Gasteiger partial charge in [-0.25, -0.2) is 9.07 Å². The fraction of sp³-hybridized carbons (Fsp3) is 0.0588. The maximum atomic E-state index is 13.0. The fourth-order valence-electron chi connectivity index (χ4n) is 2.19. The second kappa shape index (κ2) is 7.14. The van der Waals surface area contributed by atoms with E-state index < -0.39 is 5.82 Å². The van der Waals surface area contributed by atoms with Gasteiger partial charge in [0.25, 0.3) is 0 Å². The SMILES string of the molecule is O=C(CNc1ccccc1-n1cccn1)Nc1ccc(F)cc1Cl. The first-order chi connectivity index (χ1) is 11.6. The molecule has 3 rings (SSSR count). The van der Waals surface area contributed by atoms with E-state index in [-0.39, 0.29) is 17.5 Å². The fourth-order valence-corrected chi connectivity index (χ4v) is 2.41. The number of anilines is 2. The van der Waals surface area contributed by atoms with E-state index in [1.165, 1.54) is 12.1 Å². The summed E-state index contributed by atoms with van der Waals surface area (Å²) in [7, 11) is 0. The summed E-state index contributed by atoms with van der Waals surface area (Å²) in [4.78, 5) is 12.1. The summed E-state index contributed by atoms with van der Waals surface area (Å²) in [5.74, 6) is -0.747. The Morgan fingerprint density at radius 2 is 2.00 bits per heavy atom. The standard InChI is InChI=1S/C17H14ClFN4O/c18-13-10-12(19)6-7-14(13)22-17(24)11-20-15-4-1-2-5-16(15)23-9-3-8-21-23/h1-10,20H,11H2,(H,22,24). The molecule has 122 valence electrons. The maximum Gasteiger partial charge on any atom is 0.243 e. The van der Waals surface area contributed by atoms with Crippen LogP contribution >= 0.6 is 11.6 Å². The lowest BCUT2D eigenvalue weighted by Crippen LogP contribution is -2.22. The Balaban J connectivity index is 1.67. The molecule has 7 heteroatoms. The van der Waals surface area contributed by atoms with Crippen molar-refractivity contribution in [3.8, 4) is 5.69 Å². The first-order valence-electron chi connectivity index (χ1n) is 7.21. The summed E-state index contributed by atoms with van der Waals surface area (Å²) < 4.78 is 14.7. The smallest absolute Gasteiger partial charge is 0.243 e. The van der Waals surface area contributed by atoms with Gasteiger partial charge >= 0.3 is 0 Å². The minimum absolute atomic E-state index is 0.0337. The lowest BCUT2D eigenvalue weighted by Gasteiger charge is -2.12. The number of nitrogens with one attached hydrogen (secondary N) is 2. The molecular formula is C17H14ClFN4O. The van der Waals surface area contributed by atoms with Gasteiger partial charge in [0.05, 0.1) is 28.6 Å². The third kappa shape index (κ3) is 3.72. The lowest BCUT2D eigenvalue weighted by atomic mass is 10.2. The number of para-hydroxylation sites is 2. The van der Waals surface area contributed by atoms with Crippen molar-refractivity contribution >= 4 is 28.9 Å². The van der Waals surface area contributed by atoms with Crippen molar-refractivity contribution in [1.82, 2.24) is 9.78 Å². The molecule has 5 nitrogen and oxygen atoms in total. The Kier molecular flexibility index (Phi) is 4.77. The first kappa shape index (κ1) is 16.0. The van der Waals surface area contributed by atoms with E-state index in [0.29, 0.717) is 5.69 Å². The predicted molar refractivity (Wildman–Crippen MR) is 92.1 cm³/mol. The van der Waals surface area contributed by atoms with Gasteiger partial charge in [-0.15, -0.1) is 0 Å². The predicted octanol–water partition coefficient (Wildman–Crippen LogP) is 3.72. The molecule has 0 radical (unpaired) electrons. The highest BCUT2D eigenvalue weighted by Crippen LogP contribution is 2.22. The van der Waals surface area contributed by atoms with E-state index in [4.69, 9.17) is 11.6 Å². The number of hydrogen-bond acceptors (Lipinski definition) is 3. The van der Waals surface area contributed by atoms with Gasteiger partial charge in [0.15, 0.2) is 0 Å². The molecule has 0 saturated carbocycles. The van der Waals surface area contributed by atoms with Crippen LogP contribution in [0.2, 0.25) is 5.02 Å². The van der Waals surface area contributed by atoms with Crippen LogP contribution in [0, 0.1) is 5.82 Å². The Hall–Kier alpha value is -2.86. The third-order valence-corrected chi connectivity index (χ3v) is 3.61. The second-order valence-electron chi connectivity index (χ2n) is 4.99. The number of carbonyl (C=O) groups excluding carboxylic acids is 1. The molecule has 0 atom stereocenters. The van der Waals surface area contributed by atoms with Gasteiger partial charge in [-0.3, -0.25) is 4.79 Å². The van der Waals surface area contributed by atoms with Crippen molar-refractivity contribution in [2.75, 3.05) is 17.2 Å². The quantitative estimate of drug-likeness (QED) is 0.741. The average molecular weight is 345 g/mol. The van der Waals surface area contributed by atoms with Gasteiger partial charge in [-0.2, -0.15) is 5.10 Å². The molecule has 0 saturated heterocycles. The normalized spacial score (nSPS) is 10.4. The van der Waals surface area contributed by atoms with Crippen LogP contribution < -0.4 is 10.6 Å². The number of halogens is 2. The Labute approximate surface area is 143 Å². The molecule has 0 spiro atoms. The monoisotopic (exact) mass is 344 g/mol. The highest BCUT2D eigenvalue weighted by atomic mass is 35.5. The van der Waals surface area contributed by atoms with Crippen molar-refractivity contribution in [2.45, 2.75) is 0 Å². The summed E-state index contributed by atoms with van der Waals surface area (Å²) in [6.45, 7) is 0.0337. The Bertz CT molecular complexity index is 852. The van der Waals surface area contributed by atoms with E-state index >= 15 is 0 Å². The van der Waals surface area contributed by atoms with Gasteiger partial charge in [0.2, 0.25) is 5.91 Å². The van der Waals surface area contributed by atoms with Crippen molar-refractivity contribution in [1.29, 1.82) is 0 Å². The molecule has 2 aromatic carbocycles. The van der Waals surface area contributed by atoms with Gasteiger partial charge in [-0.05, 0) is 36.4 Å². The van der Waals surface area contributed by atoms with Crippen molar-refractivity contribution in [3.05, 3.63) is 71.8 Å². The third-order valence-electron chi connectivity index (χ3n) is 3.30. The molecule has 1 aromatic heterocycles. The number of hydrogen-bond donors (Lipinski definition) is 2. The second-order valence-corrected chi connectivity index (χ2v) is 5.40. The largest absolute Gasteiger partial charge is 0.374 e. The molecule has 0 fully saturated rings. The van der Waals surface area contributed by atoms with Crippen LogP contribution in [0.4, 0.5) is 15.8 Å². The molecular weight excluding hydrogens is 331 g/mol. The van der Waals surface area contributed by atoms with Crippen LogP contribution in [-0.4, -0.2) is 22.2 Å². The molecule has 3 aromatic rings. The first-order valence-corrected chi connectivity index (χ1v) is 7.59. The Morgan fingerprint density at radius 1 is 1.17 bits per heavy atom. The van der Waals surface area contributed by atoms with E-state index in [9.17, 15) is 9.18 Å². The van der Waals surface area contributed by atoms with Crippen LogP contribution in [0.5, 0.6) is 0 Å². The molecule has 0 aliphatic heterocycles. The molecule has 2 N–H and O–H groups in total.